The van der Waals surface area contributed by atoms with Gasteiger partial charge in [-0.05, 0) is 49.6 Å². The van der Waals surface area contributed by atoms with Gasteiger partial charge in [-0.25, -0.2) is 8.78 Å². The first kappa shape index (κ1) is 19.6. The summed E-state index contributed by atoms with van der Waals surface area (Å²) in [5.41, 5.74) is 0.953. The first-order valence-electron chi connectivity index (χ1n) is 8.37. The van der Waals surface area contributed by atoms with Crippen molar-refractivity contribution in [1.82, 2.24) is 9.69 Å². The molecule has 28 heavy (non-hydrogen) atoms. The fourth-order valence-electron chi connectivity index (χ4n) is 2.41. The molecule has 1 aromatic heterocycles. The van der Waals surface area contributed by atoms with E-state index in [9.17, 15) is 13.9 Å². The third-order valence-electron chi connectivity index (χ3n) is 3.54. The molecule has 4 N–H and O–H groups in total. The predicted octanol–water partition coefficient (Wildman–Crippen LogP) is 4.99. The van der Waals surface area contributed by atoms with E-state index < -0.39 is 11.6 Å². The van der Waals surface area contributed by atoms with E-state index >= 15 is 0 Å². The third-order valence-corrected chi connectivity index (χ3v) is 4.29. The highest BCUT2D eigenvalue weighted by Gasteiger charge is 2.18. The highest BCUT2D eigenvalue weighted by Crippen LogP contribution is 2.33. The van der Waals surface area contributed by atoms with Gasteiger partial charge in [-0.1, -0.05) is 0 Å². The van der Waals surface area contributed by atoms with Gasteiger partial charge in [0.15, 0.2) is 0 Å². The van der Waals surface area contributed by atoms with Crippen molar-refractivity contribution in [2.45, 2.75) is 19.9 Å². The Hall–Kier alpha value is -3.20. The summed E-state index contributed by atoms with van der Waals surface area (Å²) in [5, 5.41) is 24.6. The molecule has 0 radical (unpaired) electrons. The lowest BCUT2D eigenvalue weighted by Crippen LogP contribution is -2.30. The maximum atomic E-state index is 13.2. The molecular formula is C19H18F2N4O2S. The molecule has 0 aliphatic rings. The Balaban J connectivity index is 1.74. The minimum Gasteiger partial charge on any atom is -0.492 e. The van der Waals surface area contributed by atoms with Crippen LogP contribution in [0.25, 0.3) is 0 Å². The number of anilines is 2. The average molecular weight is 404 g/mol. The summed E-state index contributed by atoms with van der Waals surface area (Å²) in [4.78, 5) is 0. The number of hydrogen-bond donors (Lipinski definition) is 4. The molecule has 0 aliphatic carbocycles. The summed E-state index contributed by atoms with van der Waals surface area (Å²) in [6.07, 6.45) is 0. The molecule has 3 rings (SSSR count). The molecule has 0 saturated carbocycles. The minimum absolute atomic E-state index is 0.0312. The molecule has 3 aromatic rings. The molecule has 146 valence electrons. The smallest absolute Gasteiger partial charge is 0.236 e. The van der Waals surface area contributed by atoms with E-state index in [2.05, 4.69) is 15.0 Å². The molecule has 6 nitrogen and oxygen atoms in total. The van der Waals surface area contributed by atoms with Crippen LogP contribution >= 0.6 is 11.5 Å². The van der Waals surface area contributed by atoms with Crippen LogP contribution in [0.3, 0.4) is 0 Å². The van der Waals surface area contributed by atoms with E-state index in [-0.39, 0.29) is 29.1 Å². The van der Waals surface area contributed by atoms with Gasteiger partial charge in [0.2, 0.25) is 5.88 Å². The van der Waals surface area contributed by atoms with Gasteiger partial charge >= 0.3 is 0 Å². The summed E-state index contributed by atoms with van der Waals surface area (Å²) in [6, 6.07) is 9.64. The first-order chi connectivity index (χ1) is 13.3. The van der Waals surface area contributed by atoms with Crippen LogP contribution < -0.4 is 15.4 Å². The number of halogens is 2. The zero-order chi connectivity index (χ0) is 20.3. The number of hydrogen-bond acceptors (Lipinski definition) is 6. The van der Waals surface area contributed by atoms with Crippen molar-refractivity contribution >= 4 is 28.1 Å². The zero-order valence-electron chi connectivity index (χ0n) is 15.1. The molecule has 0 saturated heterocycles. The molecular weight excluding hydrogens is 386 g/mol. The maximum absolute atomic E-state index is 13.2. The van der Waals surface area contributed by atoms with Crippen LogP contribution in [0.15, 0.2) is 42.5 Å². The molecule has 0 atom stereocenters. The van der Waals surface area contributed by atoms with Crippen LogP contribution in [0.1, 0.15) is 19.4 Å². The van der Waals surface area contributed by atoms with Crippen LogP contribution in [0, 0.1) is 17.0 Å². The molecule has 0 aliphatic heterocycles. The third kappa shape index (κ3) is 4.74. The quantitative estimate of drug-likeness (QED) is 0.343. The Labute approximate surface area is 164 Å². The molecule has 0 fully saturated rings. The normalized spacial score (nSPS) is 10.8. The number of aromatic hydroxyl groups is 1. The molecule has 2 aromatic carbocycles. The number of ether oxygens (including phenoxy) is 1. The maximum Gasteiger partial charge on any atom is 0.236 e. The van der Waals surface area contributed by atoms with Crippen molar-refractivity contribution < 1.29 is 18.6 Å². The standard InChI is InChI=1S/C19H18F2N4O2S/c1-10(2)23-17(22)16-18(26)25-28-19(16)24-13-3-5-14(6-4-13)27-15-8-11(20)7-12(21)9-15/h3-10,24H,1-2H3,(H2,22,23)(H,25,26). The van der Waals surface area contributed by atoms with Gasteiger partial charge in [0.05, 0.1) is 0 Å². The van der Waals surface area contributed by atoms with Crippen LogP contribution in [0.4, 0.5) is 19.5 Å². The van der Waals surface area contributed by atoms with Gasteiger partial charge in [0.1, 0.15) is 39.5 Å². The number of rotatable bonds is 6. The van der Waals surface area contributed by atoms with Gasteiger partial charge in [-0.3, -0.25) is 5.41 Å². The van der Waals surface area contributed by atoms with Crippen LogP contribution in [-0.4, -0.2) is 21.4 Å². The van der Waals surface area contributed by atoms with E-state index in [4.69, 9.17) is 10.1 Å². The molecule has 9 heteroatoms. The number of nitrogens with zero attached hydrogens (tertiary/aromatic N) is 1. The van der Waals surface area contributed by atoms with Gasteiger partial charge in [0.25, 0.3) is 0 Å². The fraction of sp³-hybridized carbons (Fsp3) is 0.158. The number of benzene rings is 2. The monoisotopic (exact) mass is 404 g/mol. The van der Waals surface area contributed by atoms with Crippen molar-refractivity contribution in [2.75, 3.05) is 5.32 Å². The van der Waals surface area contributed by atoms with E-state index in [0.29, 0.717) is 16.4 Å². The SMILES string of the molecule is CC(C)NC(=N)c1c(O)nsc1Nc1ccc(Oc2cc(F)cc(F)c2)cc1. The molecule has 0 amide bonds. The summed E-state index contributed by atoms with van der Waals surface area (Å²) >= 11 is 1.03. The minimum atomic E-state index is -0.719. The number of nitrogens with one attached hydrogen (secondary N) is 3. The van der Waals surface area contributed by atoms with Crippen LogP contribution in [0.5, 0.6) is 17.4 Å². The van der Waals surface area contributed by atoms with Crippen LogP contribution in [-0.2, 0) is 0 Å². The Morgan fingerprint density at radius 2 is 1.75 bits per heavy atom. The molecule has 0 unspecified atom stereocenters. The average Bonchev–Trinajstić information content (AvgIpc) is 2.95. The second kappa shape index (κ2) is 8.22. The molecule has 1 heterocycles. The zero-order valence-corrected chi connectivity index (χ0v) is 15.9. The number of amidine groups is 1. The summed E-state index contributed by atoms with van der Waals surface area (Å²) in [5.74, 6) is -1.14. The van der Waals surface area contributed by atoms with E-state index in [0.717, 1.165) is 29.7 Å². The Kier molecular flexibility index (Phi) is 5.74. The van der Waals surface area contributed by atoms with Gasteiger partial charge < -0.3 is 20.5 Å². The van der Waals surface area contributed by atoms with Crippen molar-refractivity contribution in [3.8, 4) is 17.4 Å². The van der Waals surface area contributed by atoms with Gasteiger partial charge in [-0.2, -0.15) is 4.37 Å². The number of aromatic nitrogens is 1. The lowest BCUT2D eigenvalue weighted by Gasteiger charge is -2.12. The predicted molar refractivity (Wildman–Crippen MR) is 105 cm³/mol. The first-order valence-corrected chi connectivity index (χ1v) is 9.14. The Morgan fingerprint density at radius 3 is 2.36 bits per heavy atom. The fourth-order valence-corrected chi connectivity index (χ4v) is 3.13. The lowest BCUT2D eigenvalue weighted by atomic mass is 10.2. The van der Waals surface area contributed by atoms with Crippen molar-refractivity contribution in [3.63, 3.8) is 0 Å². The second-order valence-electron chi connectivity index (χ2n) is 6.24. The van der Waals surface area contributed by atoms with Crippen molar-refractivity contribution in [1.29, 1.82) is 5.41 Å². The van der Waals surface area contributed by atoms with E-state index in [1.54, 1.807) is 24.3 Å². The van der Waals surface area contributed by atoms with Gasteiger partial charge in [0, 0.05) is 29.9 Å². The topological polar surface area (TPSA) is 90.3 Å². The largest absolute Gasteiger partial charge is 0.492 e. The summed E-state index contributed by atoms with van der Waals surface area (Å²) in [6.45, 7) is 3.78. The summed E-state index contributed by atoms with van der Waals surface area (Å²) < 4.78 is 35.8. The Morgan fingerprint density at radius 1 is 1.11 bits per heavy atom. The highest BCUT2D eigenvalue weighted by molar-refractivity contribution is 7.11. The lowest BCUT2D eigenvalue weighted by molar-refractivity contribution is 0.458. The second-order valence-corrected chi connectivity index (χ2v) is 7.01. The molecule has 0 spiro atoms. The van der Waals surface area contributed by atoms with Crippen molar-refractivity contribution in [3.05, 3.63) is 59.7 Å². The van der Waals surface area contributed by atoms with Crippen molar-refractivity contribution in [2.24, 2.45) is 0 Å². The van der Waals surface area contributed by atoms with E-state index in [1.807, 2.05) is 13.8 Å². The van der Waals surface area contributed by atoms with E-state index in [1.165, 1.54) is 0 Å². The molecule has 0 bridgehead atoms. The highest BCUT2D eigenvalue weighted by atomic mass is 32.1. The van der Waals surface area contributed by atoms with Gasteiger partial charge in [-0.15, -0.1) is 0 Å². The summed E-state index contributed by atoms with van der Waals surface area (Å²) in [7, 11) is 0. The van der Waals surface area contributed by atoms with Crippen LogP contribution in [0.2, 0.25) is 0 Å². The Bertz CT molecular complexity index is 970.